The summed E-state index contributed by atoms with van der Waals surface area (Å²) in [4.78, 5) is 23.5. The van der Waals surface area contributed by atoms with Crippen molar-refractivity contribution in [3.8, 4) is 17.4 Å². The number of hydrogen-bond acceptors (Lipinski definition) is 14. The van der Waals surface area contributed by atoms with Gasteiger partial charge in [-0.2, -0.15) is 15.5 Å². The molecule has 5 aromatic carbocycles. The van der Waals surface area contributed by atoms with Gasteiger partial charge in [-0.05, 0) is 132 Å². The number of carbonyl (C=O) groups is 1. The molecule has 0 aliphatic rings. The van der Waals surface area contributed by atoms with Crippen LogP contribution in [0.2, 0.25) is 0 Å². The van der Waals surface area contributed by atoms with Gasteiger partial charge in [-0.15, -0.1) is 0 Å². The molecule has 0 aliphatic carbocycles. The van der Waals surface area contributed by atoms with Crippen molar-refractivity contribution < 1.29 is 21.6 Å². The Morgan fingerprint density at radius 3 is 1.46 bits per heavy atom. The molecule has 0 amide bonds. The molecule has 0 atom stereocenters. The van der Waals surface area contributed by atoms with Crippen LogP contribution in [0.4, 0.5) is 17.3 Å². The number of hydrazine groups is 1. The van der Waals surface area contributed by atoms with Gasteiger partial charge in [-0.3, -0.25) is 30.3 Å². The zero-order valence-electron chi connectivity index (χ0n) is 47.5. The largest absolute Gasteiger partial charge is 0.384 e. The Bertz CT molecular complexity index is 4040. The first-order valence-electron chi connectivity index (χ1n) is 26.4. The summed E-state index contributed by atoms with van der Waals surface area (Å²) in [5, 5.41) is 20.0. The predicted molar refractivity (Wildman–Crippen MR) is 330 cm³/mol. The number of nitrogens with two attached hydrogens (primary N) is 2. The normalized spacial score (nSPS) is 11.3. The number of carbonyl (C=O) groups excluding carboxylic acids is 1. The van der Waals surface area contributed by atoms with Gasteiger partial charge in [0.1, 0.15) is 17.4 Å². The van der Waals surface area contributed by atoms with Gasteiger partial charge in [0.2, 0.25) is 0 Å². The van der Waals surface area contributed by atoms with Crippen LogP contribution >= 0.6 is 10.7 Å². The second kappa shape index (κ2) is 27.8. The molecular weight excluding hydrogens is 1090 g/mol. The van der Waals surface area contributed by atoms with Crippen molar-refractivity contribution in [2.75, 3.05) is 15.9 Å². The van der Waals surface area contributed by atoms with Crippen molar-refractivity contribution in [3.63, 3.8) is 0 Å². The lowest BCUT2D eigenvalue weighted by atomic mass is 9.87. The molecule has 17 nitrogen and oxygen atoms in total. The molecule has 20 heteroatoms. The van der Waals surface area contributed by atoms with E-state index >= 15 is 0 Å². The summed E-state index contributed by atoms with van der Waals surface area (Å²) >= 11 is 0. The minimum absolute atomic E-state index is 0.0162. The van der Waals surface area contributed by atoms with E-state index in [1.54, 1.807) is 71.3 Å². The molecule has 6 N–H and O–H groups in total. The van der Waals surface area contributed by atoms with Gasteiger partial charge >= 0.3 is 0 Å². The molecule has 82 heavy (non-hydrogen) atoms. The number of fused-ring (bicyclic) bond motifs is 3. The highest BCUT2D eigenvalue weighted by Crippen LogP contribution is 2.29. The Morgan fingerprint density at radius 2 is 1.04 bits per heavy atom. The van der Waals surface area contributed by atoms with Crippen LogP contribution in [0.15, 0.2) is 180 Å². The van der Waals surface area contributed by atoms with Crippen LogP contribution in [0.1, 0.15) is 97.7 Å². The van der Waals surface area contributed by atoms with E-state index in [0.717, 1.165) is 78.7 Å². The lowest BCUT2D eigenvalue weighted by Gasteiger charge is -2.19. The van der Waals surface area contributed by atoms with Gasteiger partial charge < -0.3 is 11.2 Å². The van der Waals surface area contributed by atoms with Crippen molar-refractivity contribution in [1.29, 1.82) is 5.26 Å². The van der Waals surface area contributed by atoms with Crippen molar-refractivity contribution in [2.24, 2.45) is 5.84 Å². The lowest BCUT2D eigenvalue weighted by Crippen LogP contribution is -2.17. The number of hydrogen-bond donors (Lipinski definition) is 4. The van der Waals surface area contributed by atoms with E-state index in [0.29, 0.717) is 24.5 Å². The summed E-state index contributed by atoms with van der Waals surface area (Å²) in [6.45, 7) is 18.3. The fourth-order valence-electron chi connectivity index (χ4n) is 8.11. The topological polar surface area (TPSA) is 260 Å². The summed E-state index contributed by atoms with van der Waals surface area (Å²) in [5.41, 5.74) is 17.9. The molecule has 0 saturated heterocycles. The molecule has 0 fully saturated rings. The van der Waals surface area contributed by atoms with Gasteiger partial charge in [0.05, 0.1) is 67.3 Å². The zero-order valence-corrected chi connectivity index (χ0v) is 49.9. The number of ketones is 1. The van der Waals surface area contributed by atoms with Crippen LogP contribution in [0, 0.1) is 11.3 Å². The maximum atomic E-state index is 13.1. The zero-order chi connectivity index (χ0) is 59.8. The van der Waals surface area contributed by atoms with E-state index in [1.807, 2.05) is 116 Å². The molecule has 5 aromatic heterocycles. The number of nitriles is 1. The molecule has 0 spiro atoms. The molecular formula is C62H69ClN12O5S2. The number of anilines is 3. The van der Waals surface area contributed by atoms with Crippen LogP contribution in [0.5, 0.6) is 0 Å². The Hall–Kier alpha value is -8.54. The fraction of sp³-hybridized carbons (Fsp3) is 0.242. The molecule has 0 saturated carbocycles. The quantitative estimate of drug-likeness (QED) is 0.0533. The SMILES string of the molecule is CC(C)(C)c1ccc(S(=O)(=O)Cl)cc1.CCC(=O)CC#N.CCc1cc(N)n(-c2cccc3ncccc23)n1.CCc1cc(NS(=O)(=O)c2ccc(C(C)(C)C)cc2)n(-c2cccc3ncccc23)n1.NNc1cccc2ncccc12. The molecule has 0 radical (unpaired) electrons. The number of aromatic nitrogens is 7. The van der Waals surface area contributed by atoms with Gasteiger partial charge in [0.25, 0.3) is 19.1 Å². The van der Waals surface area contributed by atoms with E-state index in [-0.39, 0.29) is 32.8 Å². The van der Waals surface area contributed by atoms with E-state index in [1.165, 1.54) is 12.1 Å². The molecule has 426 valence electrons. The Morgan fingerprint density at radius 1 is 0.598 bits per heavy atom. The van der Waals surface area contributed by atoms with E-state index < -0.39 is 19.1 Å². The third kappa shape index (κ3) is 16.5. The first-order chi connectivity index (χ1) is 38.9. The number of halogens is 1. The second-order valence-electron chi connectivity index (χ2n) is 20.6. The maximum Gasteiger partial charge on any atom is 0.263 e. The number of benzene rings is 5. The van der Waals surface area contributed by atoms with Crippen molar-refractivity contribution in [2.45, 2.75) is 109 Å². The Kier molecular flexibility index (Phi) is 21.2. The Balaban J connectivity index is 0.000000180. The lowest BCUT2D eigenvalue weighted by molar-refractivity contribution is -0.117. The highest BCUT2D eigenvalue weighted by atomic mass is 35.7. The Labute approximate surface area is 484 Å². The van der Waals surface area contributed by atoms with Crippen molar-refractivity contribution in [1.82, 2.24) is 34.5 Å². The smallest absolute Gasteiger partial charge is 0.263 e. The monoisotopic (exact) mass is 1160 g/mol. The number of nitrogen functional groups attached to an aromatic ring is 2. The summed E-state index contributed by atoms with van der Waals surface area (Å²) in [5.74, 6) is 6.41. The minimum Gasteiger partial charge on any atom is -0.384 e. The molecule has 10 aromatic rings. The van der Waals surface area contributed by atoms with Crippen LogP contribution in [0.3, 0.4) is 0 Å². The summed E-state index contributed by atoms with van der Waals surface area (Å²) < 4.78 is 54.4. The number of aryl methyl sites for hydroxylation is 2. The van der Waals surface area contributed by atoms with E-state index in [9.17, 15) is 21.6 Å². The molecule has 0 unspecified atom stereocenters. The molecule has 10 rings (SSSR count). The van der Waals surface area contributed by atoms with Crippen LogP contribution in [-0.2, 0) is 47.5 Å². The molecule has 5 heterocycles. The first kappa shape index (κ1) is 62.7. The van der Waals surface area contributed by atoms with Crippen LogP contribution in [-0.4, -0.2) is 57.1 Å². The van der Waals surface area contributed by atoms with Crippen molar-refractivity contribution >= 4 is 85.6 Å². The summed E-state index contributed by atoms with van der Waals surface area (Å²) in [6.07, 6.45) is 7.39. The molecule has 0 bridgehead atoms. The number of sulfonamides is 1. The van der Waals surface area contributed by atoms with Gasteiger partial charge in [0.15, 0.2) is 0 Å². The number of Topliss-reactive ketones (excluding diaryl/α,β-unsaturated/α-hetero) is 1. The van der Waals surface area contributed by atoms with Crippen LogP contribution < -0.4 is 21.7 Å². The van der Waals surface area contributed by atoms with Gasteiger partial charge in [-0.25, -0.2) is 26.2 Å². The summed E-state index contributed by atoms with van der Waals surface area (Å²) in [7, 11) is -2.18. The highest BCUT2D eigenvalue weighted by molar-refractivity contribution is 8.13. The van der Waals surface area contributed by atoms with Crippen LogP contribution in [0.25, 0.3) is 44.1 Å². The average molecular weight is 1160 g/mol. The predicted octanol–water partition coefficient (Wildman–Crippen LogP) is 13.0. The van der Waals surface area contributed by atoms with Crippen molar-refractivity contribution in [3.05, 3.63) is 193 Å². The maximum absolute atomic E-state index is 13.1. The van der Waals surface area contributed by atoms with Gasteiger partial charge in [-0.1, -0.05) is 105 Å². The van der Waals surface area contributed by atoms with Gasteiger partial charge in [0, 0.05) is 64.0 Å². The van der Waals surface area contributed by atoms with E-state index in [4.69, 9.17) is 27.5 Å². The molecule has 0 aliphatic heterocycles. The first-order valence-corrected chi connectivity index (χ1v) is 30.2. The standard InChI is InChI=1S/C24H26N4O2S.C14H14N4.C10H13ClO2S.C9H9N3.C5H7NO/c1-5-18-16-23(27-31(29,30)19-13-11-17(12-14-19)24(2,3)4)28(26-18)22-10-6-9-21-20(22)8-7-15-25-21;1-2-10-9-14(15)18(17-10)13-7-3-6-12-11(13)5-4-8-16-12;1-10(2,3)8-4-6-9(7-5-8)14(11,12)13;10-12-9-5-1-4-8-7(9)3-2-6-11-8;1-2-5(7)3-4-6/h6-16,27H,5H2,1-4H3;3-9H,2,15H2,1H3;4-7H,1-3H3;1-6,12H,10H2;2-3H2,1H3. The highest BCUT2D eigenvalue weighted by Gasteiger charge is 2.22. The fourth-order valence-corrected chi connectivity index (χ4v) is 9.91. The average Bonchev–Trinajstić information content (AvgIpc) is 4.28. The third-order valence-electron chi connectivity index (χ3n) is 12.7. The summed E-state index contributed by atoms with van der Waals surface area (Å²) in [6, 6.07) is 48.2. The number of nitrogens with one attached hydrogen (secondary N) is 2. The van der Waals surface area contributed by atoms with E-state index in [2.05, 4.69) is 83.8 Å². The minimum atomic E-state index is -3.78. The number of pyridine rings is 3. The second-order valence-corrected chi connectivity index (χ2v) is 24.9. The number of nitrogens with zero attached hydrogens (tertiary/aromatic N) is 8. The third-order valence-corrected chi connectivity index (χ3v) is 15.5. The number of rotatable bonds is 11.